The Hall–Kier alpha value is -2.67. The number of amides is 1. The molecule has 1 aliphatic heterocycles. The van der Waals surface area contributed by atoms with Crippen LogP contribution in [0.2, 0.25) is 0 Å². The normalized spacial score (nSPS) is 16.6. The molecule has 3 rings (SSSR count). The van der Waals surface area contributed by atoms with E-state index in [1.807, 2.05) is 23.1 Å². The maximum Gasteiger partial charge on any atom is 0.338 e. The lowest BCUT2D eigenvalue weighted by atomic mass is 10.2. The summed E-state index contributed by atoms with van der Waals surface area (Å²) in [5, 5.41) is 13.0. The molecule has 1 unspecified atom stereocenters. The van der Waals surface area contributed by atoms with Gasteiger partial charge in [-0.1, -0.05) is 30.3 Å². The SMILES string of the molecule is CC(C(=O)N1CCN(Cc2ccccc2)CC1)n1cc(C(=O)O)cn1. The average Bonchev–Trinajstić information content (AvgIpc) is 3.12. The standard InChI is InChI=1S/C18H22N4O3/c1-14(22-13-16(11-19-22)18(24)25)17(23)21-9-7-20(8-10-21)12-15-5-3-2-4-6-15/h2-6,11,13-14H,7-10,12H2,1H3,(H,24,25). The molecule has 132 valence electrons. The highest BCUT2D eigenvalue weighted by molar-refractivity contribution is 5.87. The summed E-state index contributed by atoms with van der Waals surface area (Å²) in [6, 6.07) is 9.79. The molecule has 0 bridgehead atoms. The first-order valence-electron chi connectivity index (χ1n) is 8.37. The van der Waals surface area contributed by atoms with Gasteiger partial charge in [-0.05, 0) is 12.5 Å². The summed E-state index contributed by atoms with van der Waals surface area (Å²) in [5.74, 6) is -1.07. The van der Waals surface area contributed by atoms with Crippen molar-refractivity contribution in [2.75, 3.05) is 26.2 Å². The Labute approximate surface area is 146 Å². The largest absolute Gasteiger partial charge is 0.478 e. The second-order valence-electron chi connectivity index (χ2n) is 6.28. The minimum absolute atomic E-state index is 0.0283. The van der Waals surface area contributed by atoms with Crippen molar-refractivity contribution in [1.82, 2.24) is 19.6 Å². The van der Waals surface area contributed by atoms with Gasteiger partial charge in [-0.2, -0.15) is 5.10 Å². The molecule has 0 aliphatic carbocycles. The van der Waals surface area contributed by atoms with Crippen LogP contribution in [0.25, 0.3) is 0 Å². The quantitative estimate of drug-likeness (QED) is 0.891. The molecule has 1 aromatic carbocycles. The third-order valence-electron chi connectivity index (χ3n) is 4.54. The smallest absolute Gasteiger partial charge is 0.338 e. The fourth-order valence-corrected chi connectivity index (χ4v) is 3.01. The van der Waals surface area contributed by atoms with Crippen molar-refractivity contribution >= 4 is 11.9 Å². The van der Waals surface area contributed by atoms with Crippen molar-refractivity contribution in [3.05, 3.63) is 53.9 Å². The molecule has 2 aromatic rings. The number of carboxylic acid groups (broad SMARTS) is 1. The minimum atomic E-state index is -1.04. The Bertz CT molecular complexity index is 736. The Morgan fingerprint density at radius 3 is 2.44 bits per heavy atom. The van der Waals surface area contributed by atoms with Crippen LogP contribution in [-0.4, -0.2) is 62.7 Å². The molecule has 1 atom stereocenters. The molecule has 25 heavy (non-hydrogen) atoms. The topological polar surface area (TPSA) is 78.7 Å². The predicted molar refractivity (Wildman–Crippen MR) is 92.2 cm³/mol. The van der Waals surface area contributed by atoms with E-state index < -0.39 is 12.0 Å². The molecule has 1 saturated heterocycles. The van der Waals surface area contributed by atoms with Crippen LogP contribution < -0.4 is 0 Å². The van der Waals surface area contributed by atoms with Crippen LogP contribution >= 0.6 is 0 Å². The molecule has 1 N–H and O–H groups in total. The summed E-state index contributed by atoms with van der Waals surface area (Å²) < 4.78 is 1.42. The van der Waals surface area contributed by atoms with Crippen LogP contribution in [0.3, 0.4) is 0 Å². The third-order valence-corrected chi connectivity index (χ3v) is 4.54. The first-order chi connectivity index (χ1) is 12.0. The Morgan fingerprint density at radius 2 is 1.84 bits per heavy atom. The zero-order valence-corrected chi connectivity index (χ0v) is 14.2. The monoisotopic (exact) mass is 342 g/mol. The molecule has 1 aliphatic rings. The fraction of sp³-hybridized carbons (Fsp3) is 0.389. The number of piperazine rings is 1. The molecule has 0 radical (unpaired) electrons. The van der Waals surface area contributed by atoms with Gasteiger partial charge in [-0.15, -0.1) is 0 Å². The number of benzene rings is 1. The van der Waals surface area contributed by atoms with E-state index in [9.17, 15) is 9.59 Å². The molecule has 1 amide bonds. The van der Waals surface area contributed by atoms with Gasteiger partial charge in [0.2, 0.25) is 5.91 Å². The van der Waals surface area contributed by atoms with Crippen molar-refractivity contribution in [1.29, 1.82) is 0 Å². The number of carboxylic acids is 1. The summed E-state index contributed by atoms with van der Waals surface area (Å²) >= 11 is 0. The summed E-state index contributed by atoms with van der Waals surface area (Å²) in [7, 11) is 0. The van der Waals surface area contributed by atoms with Gasteiger partial charge in [-0.25, -0.2) is 4.79 Å². The van der Waals surface area contributed by atoms with Crippen LogP contribution in [0.4, 0.5) is 0 Å². The zero-order chi connectivity index (χ0) is 17.8. The van der Waals surface area contributed by atoms with Crippen molar-refractivity contribution in [2.24, 2.45) is 0 Å². The number of rotatable bonds is 5. The molecule has 0 spiro atoms. The number of carbonyl (C=O) groups is 2. The van der Waals surface area contributed by atoms with Crippen LogP contribution in [0, 0.1) is 0 Å². The van der Waals surface area contributed by atoms with E-state index in [1.54, 1.807) is 6.92 Å². The molecule has 2 heterocycles. The molecule has 0 saturated carbocycles. The first kappa shape index (κ1) is 17.2. The summed E-state index contributed by atoms with van der Waals surface area (Å²) in [4.78, 5) is 27.7. The van der Waals surface area contributed by atoms with E-state index >= 15 is 0 Å². The molecule has 7 nitrogen and oxygen atoms in total. The molecular formula is C18H22N4O3. The Kier molecular flexibility index (Phi) is 5.14. The summed E-state index contributed by atoms with van der Waals surface area (Å²) in [5.41, 5.74) is 1.36. The van der Waals surface area contributed by atoms with Gasteiger partial charge >= 0.3 is 5.97 Å². The highest BCUT2D eigenvalue weighted by Crippen LogP contribution is 2.14. The maximum absolute atomic E-state index is 12.6. The second-order valence-corrected chi connectivity index (χ2v) is 6.28. The van der Waals surface area contributed by atoms with E-state index in [2.05, 4.69) is 22.1 Å². The number of hydrogen-bond acceptors (Lipinski definition) is 4. The number of hydrogen-bond donors (Lipinski definition) is 1. The fourth-order valence-electron chi connectivity index (χ4n) is 3.01. The molecule has 1 fully saturated rings. The second kappa shape index (κ2) is 7.48. The van der Waals surface area contributed by atoms with E-state index in [4.69, 9.17) is 5.11 Å². The lowest BCUT2D eigenvalue weighted by Crippen LogP contribution is -2.49. The van der Waals surface area contributed by atoms with E-state index in [0.717, 1.165) is 19.6 Å². The summed E-state index contributed by atoms with van der Waals surface area (Å²) in [6.07, 6.45) is 2.67. The van der Waals surface area contributed by atoms with Gasteiger partial charge in [0.05, 0.1) is 11.8 Å². The minimum Gasteiger partial charge on any atom is -0.478 e. The van der Waals surface area contributed by atoms with E-state index in [0.29, 0.717) is 13.1 Å². The van der Waals surface area contributed by atoms with Crippen LogP contribution in [0.1, 0.15) is 28.9 Å². The third kappa shape index (κ3) is 4.06. The van der Waals surface area contributed by atoms with Crippen molar-refractivity contribution in [2.45, 2.75) is 19.5 Å². The predicted octanol–water partition coefficient (Wildman–Crippen LogP) is 1.49. The number of carbonyl (C=O) groups excluding carboxylic acids is 1. The maximum atomic E-state index is 12.6. The zero-order valence-electron chi connectivity index (χ0n) is 14.2. The van der Waals surface area contributed by atoms with Crippen LogP contribution in [0.5, 0.6) is 0 Å². The number of nitrogens with zero attached hydrogens (tertiary/aromatic N) is 4. The van der Waals surface area contributed by atoms with Crippen molar-refractivity contribution in [3.63, 3.8) is 0 Å². The lowest BCUT2D eigenvalue weighted by molar-refractivity contribution is -0.136. The van der Waals surface area contributed by atoms with Crippen molar-refractivity contribution in [3.8, 4) is 0 Å². The van der Waals surface area contributed by atoms with Gasteiger partial charge in [0.1, 0.15) is 6.04 Å². The number of aromatic carboxylic acids is 1. The van der Waals surface area contributed by atoms with Crippen LogP contribution in [0.15, 0.2) is 42.7 Å². The Morgan fingerprint density at radius 1 is 1.16 bits per heavy atom. The Balaban J connectivity index is 1.54. The number of aromatic nitrogens is 2. The molecule has 1 aromatic heterocycles. The molecule has 7 heteroatoms. The van der Waals surface area contributed by atoms with Gasteiger partial charge in [0.15, 0.2) is 0 Å². The van der Waals surface area contributed by atoms with Gasteiger partial charge in [0, 0.05) is 38.9 Å². The van der Waals surface area contributed by atoms with Crippen molar-refractivity contribution < 1.29 is 14.7 Å². The average molecular weight is 342 g/mol. The van der Waals surface area contributed by atoms with Gasteiger partial charge < -0.3 is 10.0 Å². The van der Waals surface area contributed by atoms with E-state index in [-0.39, 0.29) is 11.5 Å². The van der Waals surface area contributed by atoms with Gasteiger partial charge in [-0.3, -0.25) is 14.4 Å². The van der Waals surface area contributed by atoms with E-state index in [1.165, 1.54) is 22.6 Å². The highest BCUT2D eigenvalue weighted by Gasteiger charge is 2.26. The molecular weight excluding hydrogens is 320 g/mol. The van der Waals surface area contributed by atoms with Gasteiger partial charge in [0.25, 0.3) is 0 Å². The lowest BCUT2D eigenvalue weighted by Gasteiger charge is -2.36. The first-order valence-corrected chi connectivity index (χ1v) is 8.37. The highest BCUT2D eigenvalue weighted by atomic mass is 16.4. The van der Waals surface area contributed by atoms with Crippen LogP contribution in [-0.2, 0) is 11.3 Å². The summed E-state index contributed by atoms with van der Waals surface area (Å²) in [6.45, 7) is 5.63.